The van der Waals surface area contributed by atoms with E-state index in [2.05, 4.69) is 17.0 Å². The van der Waals surface area contributed by atoms with Gasteiger partial charge in [-0.15, -0.1) is 0 Å². The predicted molar refractivity (Wildman–Crippen MR) is 123 cm³/mol. The lowest BCUT2D eigenvalue weighted by Crippen LogP contribution is -2.48. The molecule has 3 amide bonds. The maximum absolute atomic E-state index is 12.9. The molecule has 2 N–H and O–H groups in total. The number of nitrogens with zero attached hydrogens (tertiary/aromatic N) is 2. The van der Waals surface area contributed by atoms with Crippen LogP contribution in [0.2, 0.25) is 0 Å². The van der Waals surface area contributed by atoms with Gasteiger partial charge in [0.25, 0.3) is 0 Å². The number of anilines is 1. The van der Waals surface area contributed by atoms with Crippen molar-refractivity contribution in [2.75, 3.05) is 24.5 Å². The Labute approximate surface area is 190 Å². The van der Waals surface area contributed by atoms with Crippen LogP contribution in [-0.4, -0.2) is 57.0 Å². The van der Waals surface area contributed by atoms with E-state index in [-0.39, 0.29) is 22.9 Å². The van der Waals surface area contributed by atoms with Crippen LogP contribution in [0.15, 0.2) is 23.1 Å². The molecule has 1 aromatic carbocycles. The van der Waals surface area contributed by atoms with Crippen LogP contribution in [0.5, 0.6) is 0 Å². The number of carbonyl (C=O) groups excluding carboxylic acids is 2. The van der Waals surface area contributed by atoms with Crippen LogP contribution < -0.4 is 14.9 Å². The summed E-state index contributed by atoms with van der Waals surface area (Å²) in [6.07, 6.45) is 6.71. The molecule has 8 nitrogen and oxygen atoms in total. The lowest BCUT2D eigenvalue weighted by molar-refractivity contribution is -0.123. The normalized spacial score (nSPS) is 24.3. The van der Waals surface area contributed by atoms with Crippen molar-refractivity contribution in [2.45, 2.75) is 75.8 Å². The third-order valence-electron chi connectivity index (χ3n) is 6.95. The minimum Gasteiger partial charge on any atom is -0.352 e. The van der Waals surface area contributed by atoms with E-state index in [4.69, 9.17) is 0 Å². The second-order valence-corrected chi connectivity index (χ2v) is 11.2. The summed E-state index contributed by atoms with van der Waals surface area (Å²) in [5.74, 6) is 0.386. The number of sulfonamides is 1. The van der Waals surface area contributed by atoms with Crippen LogP contribution >= 0.6 is 0 Å². The highest BCUT2D eigenvalue weighted by atomic mass is 32.2. The highest BCUT2D eigenvalue weighted by molar-refractivity contribution is 7.89. The van der Waals surface area contributed by atoms with Crippen molar-refractivity contribution in [1.29, 1.82) is 0 Å². The van der Waals surface area contributed by atoms with Gasteiger partial charge in [0.15, 0.2) is 0 Å². The molecule has 1 saturated heterocycles. The molecule has 2 heterocycles. The van der Waals surface area contributed by atoms with E-state index >= 15 is 0 Å². The van der Waals surface area contributed by atoms with Gasteiger partial charge in [0.1, 0.15) is 0 Å². The molecule has 2 aliphatic heterocycles. The van der Waals surface area contributed by atoms with Gasteiger partial charge in [-0.1, -0.05) is 6.92 Å². The van der Waals surface area contributed by atoms with Gasteiger partial charge >= 0.3 is 6.03 Å². The van der Waals surface area contributed by atoms with Crippen LogP contribution in [-0.2, 0) is 21.2 Å². The molecule has 1 atom stereocenters. The van der Waals surface area contributed by atoms with Crippen LogP contribution in [0.4, 0.5) is 10.5 Å². The van der Waals surface area contributed by atoms with Crippen LogP contribution in [0.25, 0.3) is 0 Å². The first-order chi connectivity index (χ1) is 15.2. The fraction of sp³-hybridized carbons (Fsp3) is 0.652. The van der Waals surface area contributed by atoms with E-state index in [1.54, 1.807) is 24.0 Å². The molecule has 0 radical (unpaired) electrons. The number of hydrogen-bond acceptors (Lipinski definition) is 4. The van der Waals surface area contributed by atoms with Crippen molar-refractivity contribution in [2.24, 2.45) is 5.92 Å². The fourth-order valence-corrected chi connectivity index (χ4v) is 6.16. The Morgan fingerprint density at radius 1 is 1.06 bits per heavy atom. The summed E-state index contributed by atoms with van der Waals surface area (Å²) < 4.78 is 28.4. The molecule has 176 valence electrons. The molecular weight excluding hydrogens is 428 g/mol. The Balaban J connectivity index is 1.39. The van der Waals surface area contributed by atoms with Gasteiger partial charge in [0.05, 0.1) is 10.9 Å². The van der Waals surface area contributed by atoms with Gasteiger partial charge in [-0.2, -0.15) is 4.72 Å². The summed E-state index contributed by atoms with van der Waals surface area (Å²) in [7, 11) is -3.85. The van der Waals surface area contributed by atoms with Crippen molar-refractivity contribution in [1.82, 2.24) is 14.9 Å². The lowest BCUT2D eigenvalue weighted by atomic mass is 9.87. The molecule has 0 aromatic heterocycles. The zero-order valence-electron chi connectivity index (χ0n) is 19.0. The van der Waals surface area contributed by atoms with E-state index in [0.717, 1.165) is 62.9 Å². The van der Waals surface area contributed by atoms with Crippen molar-refractivity contribution in [3.63, 3.8) is 0 Å². The first-order valence-electron chi connectivity index (χ1n) is 11.8. The molecule has 2 fully saturated rings. The highest BCUT2D eigenvalue weighted by Gasteiger charge is 2.31. The molecule has 1 saturated carbocycles. The zero-order valence-corrected chi connectivity index (χ0v) is 19.8. The molecule has 0 bridgehead atoms. The summed E-state index contributed by atoms with van der Waals surface area (Å²) >= 11 is 0. The molecule has 0 unspecified atom stereocenters. The lowest BCUT2D eigenvalue weighted by Gasteiger charge is -2.28. The van der Waals surface area contributed by atoms with Gasteiger partial charge < -0.3 is 10.2 Å². The number of hydrogen-bond donors (Lipinski definition) is 2. The van der Waals surface area contributed by atoms with E-state index in [9.17, 15) is 18.0 Å². The number of benzene rings is 1. The standard InChI is InChI=1S/C23H34N4O4S/c1-16-5-7-19(8-6-16)24-22(28)17(2)25-32(30,31)20-9-10-21-18(15-20)11-14-27(21)23(29)26-12-3-4-13-26/h9-10,15-17,19,25H,3-8,11-14H2,1-2H3,(H,24,28)/t16?,17-,19?/m1/s1. The quantitative estimate of drug-likeness (QED) is 0.703. The number of nitrogens with one attached hydrogen (secondary N) is 2. The molecule has 1 aromatic rings. The maximum Gasteiger partial charge on any atom is 0.324 e. The van der Waals surface area contributed by atoms with Crippen LogP contribution in [0.3, 0.4) is 0 Å². The SMILES string of the molecule is CC1CCC(NC(=O)[C@@H](C)NS(=O)(=O)c2ccc3c(c2)CCN3C(=O)N2CCCC2)CC1. The Hall–Kier alpha value is -2.13. The minimum absolute atomic E-state index is 0.00242. The van der Waals surface area contributed by atoms with Crippen LogP contribution in [0.1, 0.15) is 57.9 Å². The Morgan fingerprint density at radius 2 is 1.75 bits per heavy atom. The number of carbonyl (C=O) groups is 2. The van der Waals surface area contributed by atoms with Gasteiger partial charge in [-0.05, 0) is 81.5 Å². The number of likely N-dealkylation sites (tertiary alicyclic amines) is 1. The van der Waals surface area contributed by atoms with Gasteiger partial charge in [-0.25, -0.2) is 13.2 Å². The Kier molecular flexibility index (Phi) is 6.76. The third kappa shape index (κ3) is 4.93. The summed E-state index contributed by atoms with van der Waals surface area (Å²) in [6, 6.07) is 4.10. The van der Waals surface area contributed by atoms with Crippen LogP contribution in [0, 0.1) is 5.92 Å². The van der Waals surface area contributed by atoms with E-state index in [0.29, 0.717) is 18.9 Å². The molecule has 4 rings (SSSR count). The van der Waals surface area contributed by atoms with Crippen molar-refractivity contribution in [3.05, 3.63) is 23.8 Å². The summed E-state index contributed by atoms with van der Waals surface area (Å²) in [6.45, 7) is 5.90. The molecule has 0 spiro atoms. The summed E-state index contributed by atoms with van der Waals surface area (Å²) in [4.78, 5) is 29.0. The second-order valence-electron chi connectivity index (χ2n) is 9.48. The number of fused-ring (bicyclic) bond motifs is 1. The van der Waals surface area contributed by atoms with Crippen molar-refractivity contribution < 1.29 is 18.0 Å². The molecule has 1 aliphatic carbocycles. The predicted octanol–water partition coefficient (Wildman–Crippen LogP) is 2.63. The Bertz CT molecular complexity index is 966. The first kappa shape index (κ1) is 23.0. The zero-order chi connectivity index (χ0) is 22.9. The Morgan fingerprint density at radius 3 is 2.44 bits per heavy atom. The third-order valence-corrected chi connectivity index (χ3v) is 8.49. The largest absolute Gasteiger partial charge is 0.352 e. The van der Waals surface area contributed by atoms with Gasteiger partial charge in [0, 0.05) is 31.4 Å². The summed E-state index contributed by atoms with van der Waals surface area (Å²) in [5.41, 5.74) is 1.62. The smallest absolute Gasteiger partial charge is 0.324 e. The molecule has 9 heteroatoms. The fourth-order valence-electron chi connectivity index (χ4n) is 4.91. The number of amides is 3. The van der Waals surface area contributed by atoms with E-state index < -0.39 is 16.1 Å². The maximum atomic E-state index is 12.9. The molecule has 3 aliphatic rings. The van der Waals surface area contributed by atoms with E-state index in [1.165, 1.54) is 6.07 Å². The van der Waals surface area contributed by atoms with Gasteiger partial charge in [0.2, 0.25) is 15.9 Å². The monoisotopic (exact) mass is 462 g/mol. The van der Waals surface area contributed by atoms with E-state index in [1.807, 2.05) is 4.90 Å². The highest BCUT2D eigenvalue weighted by Crippen LogP contribution is 2.31. The molecule has 32 heavy (non-hydrogen) atoms. The average molecular weight is 463 g/mol. The number of urea groups is 1. The second kappa shape index (κ2) is 9.39. The topological polar surface area (TPSA) is 98.8 Å². The first-order valence-corrected chi connectivity index (χ1v) is 13.2. The summed E-state index contributed by atoms with van der Waals surface area (Å²) in [5, 5.41) is 2.99. The van der Waals surface area contributed by atoms with Gasteiger partial charge in [-0.3, -0.25) is 9.69 Å². The van der Waals surface area contributed by atoms with Crippen molar-refractivity contribution >= 4 is 27.6 Å². The number of rotatable bonds is 5. The van der Waals surface area contributed by atoms with Crippen molar-refractivity contribution in [3.8, 4) is 0 Å². The molecular formula is C23H34N4O4S. The minimum atomic E-state index is -3.85. The average Bonchev–Trinajstić information content (AvgIpc) is 3.44.